The molecular weight excluding hydrogens is 251 g/mol. The second kappa shape index (κ2) is 4.95. The third-order valence-corrected chi connectivity index (χ3v) is 3.01. The Kier molecular flexibility index (Phi) is 3.58. The number of amides is 1. The number of hydrogen-bond donors (Lipinski definition) is 2. The Labute approximate surface area is 103 Å². The standard InChI is InChI=1S/C9H10Cl2N4O/c10-7-6(8(11)14-4-13-7)15-9(16)5-1-2-12-3-5/h4-5,12H,1-3H2,(H,15,16). The van der Waals surface area contributed by atoms with Crippen LogP contribution in [0, 0.1) is 5.92 Å². The second-order valence-corrected chi connectivity index (χ2v) is 4.23. The summed E-state index contributed by atoms with van der Waals surface area (Å²) in [5.74, 6) is -0.157. The van der Waals surface area contributed by atoms with Gasteiger partial charge in [-0.15, -0.1) is 0 Å². The van der Waals surface area contributed by atoms with E-state index < -0.39 is 0 Å². The van der Waals surface area contributed by atoms with Crippen molar-refractivity contribution < 1.29 is 4.79 Å². The van der Waals surface area contributed by atoms with Crippen molar-refractivity contribution in [3.8, 4) is 0 Å². The number of nitrogens with zero attached hydrogens (tertiary/aromatic N) is 2. The first-order valence-electron chi connectivity index (χ1n) is 4.86. The molecule has 0 bridgehead atoms. The number of anilines is 1. The molecule has 7 heteroatoms. The number of hydrogen-bond acceptors (Lipinski definition) is 4. The van der Waals surface area contributed by atoms with Crippen LogP contribution in [-0.4, -0.2) is 29.0 Å². The Morgan fingerprint density at radius 2 is 2.12 bits per heavy atom. The number of carbonyl (C=O) groups excluding carboxylic acids is 1. The van der Waals surface area contributed by atoms with Gasteiger partial charge in [-0.2, -0.15) is 0 Å². The van der Waals surface area contributed by atoms with Crippen LogP contribution in [0.15, 0.2) is 6.33 Å². The fourth-order valence-corrected chi connectivity index (χ4v) is 1.96. The lowest BCUT2D eigenvalue weighted by Gasteiger charge is -2.11. The van der Waals surface area contributed by atoms with Gasteiger partial charge >= 0.3 is 0 Å². The molecule has 5 nitrogen and oxygen atoms in total. The first-order chi connectivity index (χ1) is 7.68. The SMILES string of the molecule is O=C(Nc1c(Cl)ncnc1Cl)C1CCNC1. The molecule has 2 heterocycles. The maximum absolute atomic E-state index is 11.8. The molecule has 1 aliphatic rings. The van der Waals surface area contributed by atoms with Gasteiger partial charge in [-0.3, -0.25) is 4.79 Å². The molecule has 2 N–H and O–H groups in total. The van der Waals surface area contributed by atoms with E-state index in [1.54, 1.807) is 0 Å². The quantitative estimate of drug-likeness (QED) is 0.788. The molecule has 1 aromatic heterocycles. The summed E-state index contributed by atoms with van der Waals surface area (Å²) in [5.41, 5.74) is 0.280. The van der Waals surface area contributed by atoms with Gasteiger partial charge in [0.05, 0.1) is 5.92 Å². The minimum atomic E-state index is -0.108. The van der Waals surface area contributed by atoms with Gasteiger partial charge in [0.2, 0.25) is 5.91 Å². The molecule has 16 heavy (non-hydrogen) atoms. The molecule has 1 saturated heterocycles. The zero-order valence-corrected chi connectivity index (χ0v) is 9.85. The topological polar surface area (TPSA) is 66.9 Å². The number of nitrogens with one attached hydrogen (secondary N) is 2. The fourth-order valence-electron chi connectivity index (χ4n) is 1.55. The van der Waals surface area contributed by atoms with Gasteiger partial charge < -0.3 is 10.6 Å². The maximum Gasteiger partial charge on any atom is 0.228 e. The van der Waals surface area contributed by atoms with E-state index in [4.69, 9.17) is 23.2 Å². The van der Waals surface area contributed by atoms with Gasteiger partial charge in [0, 0.05) is 6.54 Å². The molecule has 0 aromatic carbocycles. The summed E-state index contributed by atoms with van der Waals surface area (Å²) in [6.45, 7) is 1.53. The van der Waals surface area contributed by atoms with Gasteiger partial charge in [-0.1, -0.05) is 23.2 Å². The van der Waals surface area contributed by atoms with E-state index in [-0.39, 0.29) is 27.8 Å². The van der Waals surface area contributed by atoms with Gasteiger partial charge in [0.15, 0.2) is 10.3 Å². The number of rotatable bonds is 2. The largest absolute Gasteiger partial charge is 0.321 e. The lowest BCUT2D eigenvalue weighted by atomic mass is 10.1. The van der Waals surface area contributed by atoms with Crippen LogP contribution < -0.4 is 10.6 Å². The summed E-state index contributed by atoms with van der Waals surface area (Å²) < 4.78 is 0. The molecule has 1 aromatic rings. The van der Waals surface area contributed by atoms with Gasteiger partial charge in [0.1, 0.15) is 12.0 Å². The van der Waals surface area contributed by atoms with Crippen molar-refractivity contribution in [3.63, 3.8) is 0 Å². The predicted molar refractivity (Wildman–Crippen MR) is 61.7 cm³/mol. The first kappa shape index (κ1) is 11.6. The van der Waals surface area contributed by atoms with Crippen LogP contribution in [0.2, 0.25) is 10.3 Å². The van der Waals surface area contributed by atoms with Crippen LogP contribution in [-0.2, 0) is 4.79 Å². The molecule has 1 amide bonds. The van der Waals surface area contributed by atoms with Crippen LogP contribution >= 0.6 is 23.2 Å². The molecule has 0 aliphatic carbocycles. The van der Waals surface area contributed by atoms with Crippen molar-refractivity contribution in [1.29, 1.82) is 0 Å². The average molecular weight is 261 g/mol. The third-order valence-electron chi connectivity index (χ3n) is 2.43. The summed E-state index contributed by atoms with van der Waals surface area (Å²) in [6, 6.07) is 0. The van der Waals surface area contributed by atoms with Crippen LogP contribution in [0.25, 0.3) is 0 Å². The van der Waals surface area contributed by atoms with Crippen molar-refractivity contribution in [3.05, 3.63) is 16.6 Å². The monoisotopic (exact) mass is 260 g/mol. The van der Waals surface area contributed by atoms with E-state index in [0.29, 0.717) is 6.54 Å². The highest BCUT2D eigenvalue weighted by Crippen LogP contribution is 2.26. The number of carbonyl (C=O) groups is 1. The van der Waals surface area contributed by atoms with E-state index in [2.05, 4.69) is 20.6 Å². The number of halogens is 2. The van der Waals surface area contributed by atoms with Crippen LogP contribution in [0.1, 0.15) is 6.42 Å². The van der Waals surface area contributed by atoms with Gasteiger partial charge in [-0.05, 0) is 13.0 Å². The van der Waals surface area contributed by atoms with Crippen molar-refractivity contribution in [1.82, 2.24) is 15.3 Å². The molecule has 0 radical (unpaired) electrons. The summed E-state index contributed by atoms with van der Waals surface area (Å²) in [4.78, 5) is 19.3. The van der Waals surface area contributed by atoms with Crippen LogP contribution in [0.3, 0.4) is 0 Å². The van der Waals surface area contributed by atoms with E-state index in [1.807, 2.05) is 0 Å². The average Bonchev–Trinajstić information content (AvgIpc) is 2.76. The van der Waals surface area contributed by atoms with E-state index >= 15 is 0 Å². The second-order valence-electron chi connectivity index (χ2n) is 3.51. The van der Waals surface area contributed by atoms with Gasteiger partial charge in [0.25, 0.3) is 0 Å². The Morgan fingerprint density at radius 3 is 2.69 bits per heavy atom. The highest BCUT2D eigenvalue weighted by atomic mass is 35.5. The lowest BCUT2D eigenvalue weighted by Crippen LogP contribution is -2.25. The molecule has 0 saturated carbocycles. The smallest absolute Gasteiger partial charge is 0.228 e. The van der Waals surface area contributed by atoms with E-state index in [9.17, 15) is 4.79 Å². The highest BCUT2D eigenvalue weighted by Gasteiger charge is 2.24. The van der Waals surface area contributed by atoms with E-state index in [0.717, 1.165) is 13.0 Å². The Morgan fingerprint density at radius 1 is 1.44 bits per heavy atom. The predicted octanol–water partition coefficient (Wildman–Crippen LogP) is 1.33. The van der Waals surface area contributed by atoms with E-state index in [1.165, 1.54) is 6.33 Å². The maximum atomic E-state index is 11.8. The first-order valence-corrected chi connectivity index (χ1v) is 5.61. The lowest BCUT2D eigenvalue weighted by molar-refractivity contribution is -0.119. The Balaban J connectivity index is 2.11. The normalized spacial score (nSPS) is 19.8. The molecule has 2 rings (SSSR count). The zero-order chi connectivity index (χ0) is 11.5. The molecular formula is C9H10Cl2N4O. The molecule has 86 valence electrons. The summed E-state index contributed by atoms with van der Waals surface area (Å²) in [6.07, 6.45) is 2.06. The Hall–Kier alpha value is -0.910. The van der Waals surface area contributed by atoms with Crippen molar-refractivity contribution in [2.45, 2.75) is 6.42 Å². The molecule has 1 atom stereocenters. The zero-order valence-electron chi connectivity index (χ0n) is 8.33. The van der Waals surface area contributed by atoms with Crippen molar-refractivity contribution in [2.24, 2.45) is 5.92 Å². The van der Waals surface area contributed by atoms with Gasteiger partial charge in [-0.25, -0.2) is 9.97 Å². The summed E-state index contributed by atoms with van der Waals surface area (Å²) in [7, 11) is 0. The minimum absolute atomic E-state index is 0.0488. The summed E-state index contributed by atoms with van der Waals surface area (Å²) >= 11 is 11.6. The molecule has 1 aliphatic heterocycles. The molecule has 1 fully saturated rings. The third kappa shape index (κ3) is 2.42. The summed E-state index contributed by atoms with van der Waals surface area (Å²) in [5, 5.41) is 6.07. The Bertz CT molecular complexity index is 386. The highest BCUT2D eigenvalue weighted by molar-refractivity contribution is 6.38. The fraction of sp³-hybridized carbons (Fsp3) is 0.444. The minimum Gasteiger partial charge on any atom is -0.321 e. The molecule has 0 spiro atoms. The van der Waals surface area contributed by atoms with Crippen molar-refractivity contribution in [2.75, 3.05) is 18.4 Å². The van der Waals surface area contributed by atoms with Crippen LogP contribution in [0.4, 0.5) is 5.69 Å². The van der Waals surface area contributed by atoms with Crippen molar-refractivity contribution >= 4 is 34.8 Å². The molecule has 1 unspecified atom stereocenters. The number of aromatic nitrogens is 2. The van der Waals surface area contributed by atoms with Crippen LogP contribution in [0.5, 0.6) is 0 Å².